The van der Waals surface area contributed by atoms with E-state index in [0.29, 0.717) is 17.0 Å². The van der Waals surface area contributed by atoms with Crippen LogP contribution in [0.3, 0.4) is 0 Å². The second-order valence-electron chi connectivity index (χ2n) is 4.26. The molecular weight excluding hydrogens is 274 g/mol. The van der Waals surface area contributed by atoms with Gasteiger partial charge in [-0.1, -0.05) is 6.07 Å². The van der Waals surface area contributed by atoms with Gasteiger partial charge in [-0.25, -0.2) is 0 Å². The zero-order valence-electron chi connectivity index (χ0n) is 10.5. The average Bonchev–Trinajstić information content (AvgIpc) is 2.97. The van der Waals surface area contributed by atoms with Crippen LogP contribution in [-0.2, 0) is 4.79 Å². The Balaban J connectivity index is 1.82. The number of hydrogen-bond acceptors (Lipinski definition) is 4. The second-order valence-corrected chi connectivity index (χ2v) is 5.24. The van der Waals surface area contributed by atoms with Gasteiger partial charge in [-0.15, -0.1) is 11.3 Å². The van der Waals surface area contributed by atoms with Crippen LogP contribution in [0.2, 0.25) is 0 Å². The fourth-order valence-electron chi connectivity index (χ4n) is 1.88. The van der Waals surface area contributed by atoms with Gasteiger partial charge in [0.05, 0.1) is 5.69 Å². The molecule has 5 heteroatoms. The monoisotopic (exact) mass is 285 g/mol. The zero-order valence-corrected chi connectivity index (χ0v) is 11.3. The third-order valence-corrected chi connectivity index (χ3v) is 3.68. The Labute approximate surface area is 119 Å². The molecule has 1 aliphatic rings. The number of thiophene rings is 1. The van der Waals surface area contributed by atoms with Crippen LogP contribution in [0.1, 0.15) is 15.2 Å². The van der Waals surface area contributed by atoms with E-state index in [9.17, 15) is 9.59 Å². The molecule has 1 aromatic carbocycles. The minimum atomic E-state index is -0.212. The molecule has 0 fully saturated rings. The molecule has 4 nitrogen and oxygen atoms in total. The van der Waals surface area contributed by atoms with E-state index in [1.807, 2.05) is 17.5 Å². The molecule has 2 aromatic rings. The fraction of sp³-hybridized carbons (Fsp3) is 0.0667. The van der Waals surface area contributed by atoms with E-state index < -0.39 is 0 Å². The molecule has 1 aliphatic heterocycles. The van der Waals surface area contributed by atoms with Crippen molar-refractivity contribution in [3.8, 4) is 5.75 Å². The summed E-state index contributed by atoms with van der Waals surface area (Å²) < 4.78 is 5.25. The van der Waals surface area contributed by atoms with Crippen molar-refractivity contribution in [1.82, 2.24) is 0 Å². The molecular formula is C15H11NO3S. The Morgan fingerprint density at radius 2 is 2.25 bits per heavy atom. The summed E-state index contributed by atoms with van der Waals surface area (Å²) in [7, 11) is 0. The largest absolute Gasteiger partial charge is 0.482 e. The summed E-state index contributed by atoms with van der Waals surface area (Å²) in [6.45, 7) is 0.0125. The maximum Gasteiger partial charge on any atom is 0.262 e. The topological polar surface area (TPSA) is 55.4 Å². The van der Waals surface area contributed by atoms with E-state index in [1.54, 1.807) is 35.6 Å². The highest BCUT2D eigenvalue weighted by Crippen LogP contribution is 2.28. The predicted molar refractivity (Wildman–Crippen MR) is 78.3 cm³/mol. The standard InChI is InChI=1S/C15H11NO3S/c17-13(5-4-11-2-1-7-20-11)10-3-6-14-12(8-10)16-15(18)9-19-14/h1-8H,9H2,(H,16,18)/b5-4+. The SMILES string of the molecule is O=C1COc2ccc(C(=O)/C=C/c3cccs3)cc2N1. The molecule has 1 aromatic heterocycles. The van der Waals surface area contributed by atoms with Crippen LogP contribution < -0.4 is 10.1 Å². The molecule has 1 amide bonds. The fourth-order valence-corrected chi connectivity index (χ4v) is 2.49. The third-order valence-electron chi connectivity index (χ3n) is 2.84. The number of carbonyl (C=O) groups excluding carboxylic acids is 2. The van der Waals surface area contributed by atoms with Crippen molar-refractivity contribution >= 4 is 34.8 Å². The summed E-state index contributed by atoms with van der Waals surface area (Å²) in [6, 6.07) is 8.89. The number of rotatable bonds is 3. The molecule has 0 aliphatic carbocycles. The number of ketones is 1. The number of ether oxygens (including phenoxy) is 1. The summed E-state index contributed by atoms with van der Waals surface area (Å²) in [5.74, 6) is 0.264. The van der Waals surface area contributed by atoms with Gasteiger partial charge in [0.2, 0.25) is 0 Å². The number of fused-ring (bicyclic) bond motifs is 1. The lowest BCUT2D eigenvalue weighted by Gasteiger charge is -2.17. The van der Waals surface area contributed by atoms with Crippen molar-refractivity contribution < 1.29 is 14.3 Å². The normalized spacial score (nSPS) is 13.7. The lowest BCUT2D eigenvalue weighted by atomic mass is 10.1. The van der Waals surface area contributed by atoms with Gasteiger partial charge in [-0.3, -0.25) is 9.59 Å². The van der Waals surface area contributed by atoms with E-state index in [-0.39, 0.29) is 18.3 Å². The van der Waals surface area contributed by atoms with Gasteiger partial charge in [-0.05, 0) is 41.8 Å². The third kappa shape index (κ3) is 2.62. The highest BCUT2D eigenvalue weighted by Gasteiger charge is 2.17. The van der Waals surface area contributed by atoms with Crippen LogP contribution in [0.15, 0.2) is 41.8 Å². The van der Waals surface area contributed by atoms with Crippen LogP contribution in [0.5, 0.6) is 5.75 Å². The molecule has 0 atom stereocenters. The first-order valence-electron chi connectivity index (χ1n) is 6.05. The number of benzene rings is 1. The number of amides is 1. The predicted octanol–water partition coefficient (Wildman–Crippen LogP) is 2.98. The van der Waals surface area contributed by atoms with Crippen molar-refractivity contribution in [2.45, 2.75) is 0 Å². The van der Waals surface area contributed by atoms with Crippen LogP contribution in [-0.4, -0.2) is 18.3 Å². The van der Waals surface area contributed by atoms with Crippen LogP contribution in [0, 0.1) is 0 Å². The minimum absolute atomic E-state index is 0.0125. The van der Waals surface area contributed by atoms with E-state index in [4.69, 9.17) is 4.74 Å². The summed E-state index contributed by atoms with van der Waals surface area (Å²) in [5, 5.41) is 4.64. The molecule has 0 spiro atoms. The Kier molecular flexibility index (Phi) is 3.35. The Bertz CT molecular complexity index is 689. The Morgan fingerprint density at radius 1 is 1.35 bits per heavy atom. The van der Waals surface area contributed by atoms with Crippen molar-refractivity contribution in [2.24, 2.45) is 0 Å². The van der Waals surface area contributed by atoms with E-state index in [1.165, 1.54) is 6.08 Å². The number of carbonyl (C=O) groups is 2. The first-order valence-corrected chi connectivity index (χ1v) is 6.93. The van der Waals surface area contributed by atoms with Crippen molar-refractivity contribution in [1.29, 1.82) is 0 Å². The Hall–Kier alpha value is -2.40. The molecule has 0 saturated heterocycles. The smallest absolute Gasteiger partial charge is 0.262 e. The quantitative estimate of drug-likeness (QED) is 0.696. The van der Waals surface area contributed by atoms with E-state index >= 15 is 0 Å². The molecule has 0 saturated carbocycles. The summed E-state index contributed by atoms with van der Waals surface area (Å²) in [4.78, 5) is 24.3. The van der Waals surface area contributed by atoms with Gasteiger partial charge in [0.1, 0.15) is 5.75 Å². The summed E-state index contributed by atoms with van der Waals surface area (Å²) in [5.41, 5.74) is 1.05. The van der Waals surface area contributed by atoms with Crippen molar-refractivity contribution in [3.05, 3.63) is 52.2 Å². The molecule has 20 heavy (non-hydrogen) atoms. The molecule has 3 rings (SSSR count). The highest BCUT2D eigenvalue weighted by atomic mass is 32.1. The minimum Gasteiger partial charge on any atom is -0.482 e. The average molecular weight is 285 g/mol. The van der Waals surface area contributed by atoms with E-state index in [0.717, 1.165) is 4.88 Å². The van der Waals surface area contributed by atoms with Gasteiger partial charge < -0.3 is 10.1 Å². The van der Waals surface area contributed by atoms with Crippen molar-refractivity contribution in [2.75, 3.05) is 11.9 Å². The molecule has 1 N–H and O–H groups in total. The first-order chi connectivity index (χ1) is 9.72. The van der Waals surface area contributed by atoms with E-state index in [2.05, 4.69) is 5.32 Å². The number of anilines is 1. The van der Waals surface area contributed by atoms with Crippen LogP contribution >= 0.6 is 11.3 Å². The molecule has 0 radical (unpaired) electrons. The number of allylic oxidation sites excluding steroid dienone is 1. The summed E-state index contributed by atoms with van der Waals surface area (Å²) >= 11 is 1.57. The number of nitrogens with one attached hydrogen (secondary N) is 1. The lowest BCUT2D eigenvalue weighted by molar-refractivity contribution is -0.118. The summed E-state index contributed by atoms with van der Waals surface area (Å²) in [6.07, 6.45) is 3.31. The molecule has 100 valence electrons. The van der Waals surface area contributed by atoms with Gasteiger partial charge in [-0.2, -0.15) is 0 Å². The Morgan fingerprint density at radius 3 is 3.05 bits per heavy atom. The lowest BCUT2D eigenvalue weighted by Crippen LogP contribution is -2.25. The van der Waals surface area contributed by atoms with Crippen molar-refractivity contribution in [3.63, 3.8) is 0 Å². The number of hydrogen-bond donors (Lipinski definition) is 1. The van der Waals surface area contributed by atoms with Crippen LogP contribution in [0.4, 0.5) is 5.69 Å². The molecule has 0 unspecified atom stereocenters. The highest BCUT2D eigenvalue weighted by molar-refractivity contribution is 7.10. The first kappa shape index (κ1) is 12.6. The second kappa shape index (κ2) is 5.30. The van der Waals surface area contributed by atoms with Gasteiger partial charge >= 0.3 is 0 Å². The van der Waals surface area contributed by atoms with Gasteiger partial charge in [0.25, 0.3) is 5.91 Å². The molecule has 0 bridgehead atoms. The molecule has 2 heterocycles. The van der Waals surface area contributed by atoms with Gasteiger partial charge in [0, 0.05) is 10.4 Å². The van der Waals surface area contributed by atoms with Gasteiger partial charge in [0.15, 0.2) is 12.4 Å². The maximum atomic E-state index is 12.1. The zero-order chi connectivity index (χ0) is 13.9. The maximum absolute atomic E-state index is 12.1. The van der Waals surface area contributed by atoms with Crippen LogP contribution in [0.25, 0.3) is 6.08 Å².